The summed E-state index contributed by atoms with van der Waals surface area (Å²) in [5.41, 5.74) is 2.01. The molecule has 0 radical (unpaired) electrons. The first-order valence-corrected chi connectivity index (χ1v) is 14.9. The first-order valence-electron chi connectivity index (χ1n) is 12.3. The maximum Gasteiger partial charge on any atom is 0.219 e. The predicted octanol–water partition coefficient (Wildman–Crippen LogP) is 7.56. The Hall–Kier alpha value is -3.47. The molecule has 0 bridgehead atoms. The van der Waals surface area contributed by atoms with E-state index in [1.54, 1.807) is 30.0 Å². The number of nitrogens with zero attached hydrogens (tertiary/aromatic N) is 4. The van der Waals surface area contributed by atoms with Crippen molar-refractivity contribution in [3.8, 4) is 11.5 Å². The summed E-state index contributed by atoms with van der Waals surface area (Å²) < 4.78 is 7.44. The van der Waals surface area contributed by atoms with E-state index in [1.165, 1.54) is 11.3 Å². The fourth-order valence-electron chi connectivity index (χ4n) is 4.46. The fourth-order valence-corrected chi connectivity index (χ4v) is 7.13. The molecule has 0 aliphatic carbocycles. The molecule has 6 rings (SSSR count). The van der Waals surface area contributed by atoms with Crippen LogP contribution in [0, 0.1) is 0 Å². The summed E-state index contributed by atoms with van der Waals surface area (Å²) in [5.74, 6) is 2.33. The molecule has 1 fully saturated rings. The van der Waals surface area contributed by atoms with Crippen LogP contribution in [0.4, 0.5) is 10.9 Å². The molecule has 0 spiro atoms. The number of likely N-dealkylation sites (tertiary alicyclic amines) is 1. The number of benzene rings is 1. The zero-order valence-electron chi connectivity index (χ0n) is 20.7. The molecule has 1 atom stereocenters. The second kappa shape index (κ2) is 11.1. The second-order valence-corrected chi connectivity index (χ2v) is 11.9. The number of para-hydroxylation sites is 1. The number of carbonyl (C=O) groups excluding carboxylic acids is 1. The first kappa shape index (κ1) is 24.8. The molecule has 1 aliphatic rings. The summed E-state index contributed by atoms with van der Waals surface area (Å²) in [6.45, 7) is 3.18. The molecular formula is C28H25N5O2S3. The monoisotopic (exact) mass is 559 g/mol. The van der Waals surface area contributed by atoms with Gasteiger partial charge >= 0.3 is 0 Å². The van der Waals surface area contributed by atoms with Crippen LogP contribution in [0.25, 0.3) is 10.2 Å². The molecular weight excluding hydrogens is 535 g/mol. The van der Waals surface area contributed by atoms with Crippen molar-refractivity contribution in [1.29, 1.82) is 0 Å². The SMILES string of the molecule is CC(=O)N1CCCC(c2csc(Nc3ncc(Sc4ccnc5ccsc45)cc3Oc3ccccc3)n2)C1. The van der Waals surface area contributed by atoms with Crippen molar-refractivity contribution in [1.82, 2.24) is 19.9 Å². The Balaban J connectivity index is 1.26. The Bertz CT molecular complexity index is 1570. The van der Waals surface area contributed by atoms with E-state index in [1.807, 2.05) is 65.8 Å². The number of carbonyl (C=O) groups is 1. The summed E-state index contributed by atoms with van der Waals surface area (Å²) >= 11 is 4.87. The van der Waals surface area contributed by atoms with E-state index >= 15 is 0 Å². The summed E-state index contributed by atoms with van der Waals surface area (Å²) in [6, 6.07) is 15.8. The number of ether oxygens (including phenoxy) is 1. The molecule has 0 saturated carbocycles. The van der Waals surface area contributed by atoms with Gasteiger partial charge in [0.1, 0.15) is 5.75 Å². The lowest BCUT2D eigenvalue weighted by Gasteiger charge is -2.31. The van der Waals surface area contributed by atoms with Gasteiger partial charge in [-0.3, -0.25) is 9.78 Å². The largest absolute Gasteiger partial charge is 0.453 e. The number of aromatic nitrogens is 3. The summed E-state index contributed by atoms with van der Waals surface area (Å²) in [4.78, 5) is 29.9. The fraction of sp³-hybridized carbons (Fsp3) is 0.214. The van der Waals surface area contributed by atoms with Crippen molar-refractivity contribution in [2.24, 2.45) is 0 Å². The zero-order valence-corrected chi connectivity index (χ0v) is 23.1. The summed E-state index contributed by atoms with van der Waals surface area (Å²) in [6.07, 6.45) is 5.72. The molecule has 192 valence electrons. The molecule has 1 amide bonds. The van der Waals surface area contributed by atoms with Crippen molar-refractivity contribution in [3.05, 3.63) is 77.4 Å². The van der Waals surface area contributed by atoms with Crippen molar-refractivity contribution in [2.75, 3.05) is 18.4 Å². The topological polar surface area (TPSA) is 80.2 Å². The minimum Gasteiger partial charge on any atom is -0.453 e. The number of anilines is 2. The van der Waals surface area contributed by atoms with Crippen LogP contribution in [0.15, 0.2) is 81.5 Å². The molecule has 38 heavy (non-hydrogen) atoms. The average Bonchev–Trinajstić information content (AvgIpc) is 3.61. The molecule has 1 aromatic carbocycles. The highest BCUT2D eigenvalue weighted by Crippen LogP contribution is 2.40. The minimum absolute atomic E-state index is 0.125. The maximum atomic E-state index is 11.9. The number of piperidine rings is 1. The van der Waals surface area contributed by atoms with Gasteiger partial charge in [-0.05, 0) is 42.5 Å². The van der Waals surface area contributed by atoms with Gasteiger partial charge in [0.2, 0.25) is 5.91 Å². The summed E-state index contributed by atoms with van der Waals surface area (Å²) in [7, 11) is 0. The van der Waals surface area contributed by atoms with Gasteiger partial charge in [-0.15, -0.1) is 22.7 Å². The Morgan fingerprint density at radius 1 is 1.16 bits per heavy atom. The van der Waals surface area contributed by atoms with E-state index in [0.717, 1.165) is 62.5 Å². The third kappa shape index (κ3) is 5.52. The lowest BCUT2D eigenvalue weighted by Crippen LogP contribution is -2.37. The highest BCUT2D eigenvalue weighted by Gasteiger charge is 2.25. The number of thiazole rings is 1. The van der Waals surface area contributed by atoms with E-state index in [2.05, 4.69) is 21.1 Å². The van der Waals surface area contributed by atoms with Gasteiger partial charge in [0.15, 0.2) is 16.7 Å². The van der Waals surface area contributed by atoms with E-state index in [-0.39, 0.29) is 11.8 Å². The lowest BCUT2D eigenvalue weighted by atomic mass is 9.95. The van der Waals surface area contributed by atoms with E-state index in [9.17, 15) is 4.79 Å². The van der Waals surface area contributed by atoms with E-state index in [4.69, 9.17) is 14.7 Å². The van der Waals surface area contributed by atoms with Gasteiger partial charge in [-0.2, -0.15) is 0 Å². The molecule has 5 aromatic rings. The van der Waals surface area contributed by atoms with Gasteiger partial charge in [-0.25, -0.2) is 9.97 Å². The highest BCUT2D eigenvalue weighted by atomic mass is 32.2. The van der Waals surface area contributed by atoms with Crippen LogP contribution >= 0.6 is 34.4 Å². The number of nitrogens with one attached hydrogen (secondary N) is 1. The number of thiophene rings is 1. The van der Waals surface area contributed by atoms with Crippen LogP contribution < -0.4 is 10.1 Å². The predicted molar refractivity (Wildman–Crippen MR) is 154 cm³/mol. The van der Waals surface area contributed by atoms with Gasteiger partial charge in [0.25, 0.3) is 0 Å². The molecule has 1 N–H and O–H groups in total. The average molecular weight is 560 g/mol. The number of pyridine rings is 2. The highest BCUT2D eigenvalue weighted by molar-refractivity contribution is 7.99. The third-order valence-electron chi connectivity index (χ3n) is 6.37. The van der Waals surface area contributed by atoms with E-state index in [0.29, 0.717) is 11.6 Å². The Morgan fingerprint density at radius 2 is 2.05 bits per heavy atom. The number of fused-ring (bicyclic) bond motifs is 1. The molecule has 10 heteroatoms. The number of rotatable bonds is 7. The number of hydrogen-bond acceptors (Lipinski definition) is 9. The van der Waals surface area contributed by atoms with Crippen LogP contribution in [-0.4, -0.2) is 38.8 Å². The second-order valence-electron chi connectivity index (χ2n) is 8.99. The normalized spacial score (nSPS) is 15.5. The van der Waals surface area contributed by atoms with Crippen LogP contribution in [-0.2, 0) is 4.79 Å². The quantitative estimate of drug-likeness (QED) is 0.220. The molecule has 7 nitrogen and oxygen atoms in total. The lowest BCUT2D eigenvalue weighted by molar-refractivity contribution is -0.130. The first-order chi connectivity index (χ1) is 18.6. The van der Waals surface area contributed by atoms with Crippen LogP contribution in [0.3, 0.4) is 0 Å². The standard InChI is InChI=1S/C28H25N5O2S3/c1-18(34)33-12-5-6-19(16-33)23-17-37-28(31-23)32-27-24(35-20-7-3-2-4-8-20)14-21(15-30-27)38-25-9-11-29-22-10-13-36-26(22)25/h2-4,7-11,13-15,17,19H,5-6,12,16H2,1H3,(H,30,31,32). The van der Waals surface area contributed by atoms with Crippen molar-refractivity contribution >= 4 is 61.5 Å². The molecule has 5 heterocycles. The van der Waals surface area contributed by atoms with Crippen molar-refractivity contribution in [2.45, 2.75) is 35.5 Å². The van der Waals surface area contributed by atoms with E-state index < -0.39 is 0 Å². The van der Waals surface area contributed by atoms with Crippen LogP contribution in [0.5, 0.6) is 11.5 Å². The maximum absolute atomic E-state index is 11.9. The smallest absolute Gasteiger partial charge is 0.219 e. The van der Waals surface area contributed by atoms with Crippen LogP contribution in [0.1, 0.15) is 31.4 Å². The minimum atomic E-state index is 0.125. The van der Waals surface area contributed by atoms with Crippen molar-refractivity contribution in [3.63, 3.8) is 0 Å². The Labute approximate surface area is 232 Å². The third-order valence-corrected chi connectivity index (χ3v) is 9.23. The van der Waals surface area contributed by atoms with Gasteiger partial charge in [-0.1, -0.05) is 30.0 Å². The van der Waals surface area contributed by atoms with Gasteiger partial charge in [0, 0.05) is 59.6 Å². The Kier molecular flexibility index (Phi) is 7.26. The zero-order chi connectivity index (χ0) is 25.9. The van der Waals surface area contributed by atoms with Crippen LogP contribution in [0.2, 0.25) is 0 Å². The molecule has 1 unspecified atom stereocenters. The molecule has 1 saturated heterocycles. The van der Waals surface area contributed by atoms with Crippen molar-refractivity contribution < 1.29 is 9.53 Å². The number of hydrogen-bond donors (Lipinski definition) is 1. The number of amides is 1. The molecule has 4 aromatic heterocycles. The van der Waals surface area contributed by atoms with Gasteiger partial charge in [0.05, 0.1) is 15.9 Å². The summed E-state index contributed by atoms with van der Waals surface area (Å²) in [5, 5.41) is 8.26. The van der Waals surface area contributed by atoms with Gasteiger partial charge < -0.3 is 15.0 Å². The molecule has 1 aliphatic heterocycles. The Morgan fingerprint density at radius 3 is 2.92 bits per heavy atom.